The monoisotopic (exact) mass is 587 g/mol. The molecule has 10 nitrogen and oxygen atoms in total. The predicted molar refractivity (Wildman–Crippen MR) is 151 cm³/mol. The molecule has 0 radical (unpaired) electrons. The minimum absolute atomic E-state index is 0.0611. The van der Waals surface area contributed by atoms with E-state index in [1.165, 1.54) is 12.8 Å². The largest absolute Gasteiger partial charge is 0.395 e. The zero-order valence-electron chi connectivity index (χ0n) is 23.1. The summed E-state index contributed by atoms with van der Waals surface area (Å²) in [5, 5.41) is 13.7. The fraction of sp³-hybridized carbons (Fsp3) is 0.536. The van der Waals surface area contributed by atoms with E-state index >= 15 is 0 Å². The van der Waals surface area contributed by atoms with Crippen molar-refractivity contribution in [2.24, 2.45) is 5.41 Å². The molecule has 3 aromatic rings. The average molecular weight is 588 g/mol. The molecule has 3 fully saturated rings. The minimum atomic E-state index is -3.79. The van der Waals surface area contributed by atoms with Crippen LogP contribution in [0.1, 0.15) is 44.2 Å². The van der Waals surface area contributed by atoms with Crippen LogP contribution in [0.4, 0.5) is 20.4 Å². The number of aryl methyl sites for hydroxylation is 1. The topological polar surface area (TPSA) is 116 Å². The summed E-state index contributed by atoms with van der Waals surface area (Å²) in [6.45, 7) is 3.55. The van der Waals surface area contributed by atoms with Gasteiger partial charge in [-0.3, -0.25) is 0 Å². The van der Waals surface area contributed by atoms with Crippen LogP contribution in [-0.2, 0) is 10.0 Å². The summed E-state index contributed by atoms with van der Waals surface area (Å²) in [5.41, 5.74) is 4.07. The SMILES string of the molecule is Cc1cc(-c2cnn(-c3ccc(S(=O)(=O)NCCO)cc3N3CCC4(CC3)CC4)c2)nc(N2CCC(F)(F)CC2)n1. The van der Waals surface area contributed by atoms with Crippen molar-refractivity contribution in [3.8, 4) is 16.9 Å². The van der Waals surface area contributed by atoms with Crippen LogP contribution in [0, 0.1) is 12.3 Å². The first-order chi connectivity index (χ1) is 19.6. The fourth-order valence-corrected chi connectivity index (χ4v) is 6.78. The van der Waals surface area contributed by atoms with Crippen LogP contribution in [0.2, 0.25) is 0 Å². The first-order valence-electron chi connectivity index (χ1n) is 14.1. The summed E-state index contributed by atoms with van der Waals surface area (Å²) in [4.78, 5) is 13.3. The van der Waals surface area contributed by atoms with Crippen molar-refractivity contribution in [1.29, 1.82) is 0 Å². The predicted octanol–water partition coefficient (Wildman–Crippen LogP) is 3.52. The number of piperidine rings is 2. The maximum Gasteiger partial charge on any atom is 0.251 e. The van der Waals surface area contributed by atoms with E-state index in [9.17, 15) is 17.2 Å². The van der Waals surface area contributed by atoms with Gasteiger partial charge in [0, 0.05) is 63.0 Å². The number of nitrogens with one attached hydrogen (secondary N) is 1. The third-order valence-corrected chi connectivity index (χ3v) is 9.99. The van der Waals surface area contributed by atoms with Crippen molar-refractivity contribution in [3.05, 3.63) is 42.4 Å². The molecule has 4 heterocycles. The van der Waals surface area contributed by atoms with Crippen LogP contribution in [0.5, 0.6) is 0 Å². The van der Waals surface area contributed by atoms with Gasteiger partial charge in [-0.1, -0.05) is 0 Å². The molecule has 13 heteroatoms. The third-order valence-electron chi connectivity index (χ3n) is 8.53. The first kappa shape index (κ1) is 28.0. The lowest BCUT2D eigenvalue weighted by molar-refractivity contribution is -0.0222. The van der Waals surface area contributed by atoms with Crippen molar-refractivity contribution in [2.75, 3.05) is 49.1 Å². The molecule has 41 heavy (non-hydrogen) atoms. The molecule has 0 bridgehead atoms. The molecule has 220 valence electrons. The van der Waals surface area contributed by atoms with Crippen molar-refractivity contribution >= 4 is 21.7 Å². The van der Waals surface area contributed by atoms with Gasteiger partial charge in [0.05, 0.1) is 34.8 Å². The van der Waals surface area contributed by atoms with Gasteiger partial charge in [0.2, 0.25) is 16.0 Å². The maximum atomic E-state index is 13.7. The second kappa shape index (κ2) is 10.6. The number of nitrogens with zero attached hydrogens (tertiary/aromatic N) is 6. The quantitative estimate of drug-likeness (QED) is 0.411. The number of rotatable bonds is 8. The molecule has 1 aromatic carbocycles. The number of aliphatic hydroxyl groups excluding tert-OH is 1. The summed E-state index contributed by atoms with van der Waals surface area (Å²) < 4.78 is 57.3. The van der Waals surface area contributed by atoms with Crippen LogP contribution >= 0.6 is 0 Å². The molecule has 2 N–H and O–H groups in total. The Kier molecular flexibility index (Phi) is 7.23. The number of alkyl halides is 2. The molecule has 2 aromatic heterocycles. The number of anilines is 2. The second-order valence-corrected chi connectivity index (χ2v) is 13.2. The van der Waals surface area contributed by atoms with Gasteiger partial charge in [-0.25, -0.2) is 36.6 Å². The van der Waals surface area contributed by atoms with Gasteiger partial charge in [0.1, 0.15) is 0 Å². The van der Waals surface area contributed by atoms with Crippen LogP contribution < -0.4 is 14.5 Å². The lowest BCUT2D eigenvalue weighted by Gasteiger charge is -2.35. The van der Waals surface area contributed by atoms with Gasteiger partial charge in [-0.05, 0) is 62.3 Å². The zero-order valence-corrected chi connectivity index (χ0v) is 23.9. The van der Waals surface area contributed by atoms with Gasteiger partial charge in [0.25, 0.3) is 5.92 Å². The highest BCUT2D eigenvalue weighted by molar-refractivity contribution is 7.89. The van der Waals surface area contributed by atoms with Crippen molar-refractivity contribution in [1.82, 2.24) is 24.5 Å². The summed E-state index contributed by atoms with van der Waals surface area (Å²) in [6, 6.07) is 6.82. The van der Waals surface area contributed by atoms with E-state index in [1.807, 2.05) is 19.2 Å². The van der Waals surface area contributed by atoms with E-state index in [2.05, 4.69) is 19.7 Å². The normalized spacial score (nSPS) is 20.0. The van der Waals surface area contributed by atoms with Crippen molar-refractivity contribution in [2.45, 2.75) is 56.3 Å². The number of hydrogen-bond donors (Lipinski definition) is 2. The molecular weight excluding hydrogens is 552 g/mol. The van der Waals surface area contributed by atoms with Crippen LogP contribution in [0.3, 0.4) is 0 Å². The molecule has 1 spiro atoms. The molecule has 0 unspecified atom stereocenters. The molecule has 1 aliphatic carbocycles. The summed E-state index contributed by atoms with van der Waals surface area (Å²) in [7, 11) is -3.79. The van der Waals surface area contributed by atoms with Gasteiger partial charge >= 0.3 is 0 Å². The van der Waals surface area contributed by atoms with E-state index in [0.717, 1.165) is 48.6 Å². The maximum absolute atomic E-state index is 13.7. The number of hydrogen-bond acceptors (Lipinski definition) is 8. The Morgan fingerprint density at radius 3 is 2.34 bits per heavy atom. The Bertz CT molecular complexity index is 1520. The molecule has 3 aliphatic rings. The molecule has 2 aliphatic heterocycles. The number of aromatic nitrogens is 4. The Labute approximate surface area is 238 Å². The lowest BCUT2D eigenvalue weighted by Crippen LogP contribution is -2.40. The number of aliphatic hydroxyl groups is 1. The molecule has 6 rings (SSSR count). The number of sulfonamides is 1. The summed E-state index contributed by atoms with van der Waals surface area (Å²) in [6.07, 6.45) is 7.76. The smallest absolute Gasteiger partial charge is 0.251 e. The Morgan fingerprint density at radius 2 is 1.66 bits per heavy atom. The van der Waals surface area contributed by atoms with Gasteiger partial charge in [-0.2, -0.15) is 5.10 Å². The molecule has 1 saturated carbocycles. The summed E-state index contributed by atoms with van der Waals surface area (Å²) in [5.74, 6) is -2.23. The van der Waals surface area contributed by atoms with E-state index < -0.39 is 15.9 Å². The molecule has 0 atom stereocenters. The van der Waals surface area contributed by atoms with Crippen LogP contribution in [0.15, 0.2) is 41.6 Å². The van der Waals surface area contributed by atoms with E-state index in [1.54, 1.807) is 34.0 Å². The Balaban J connectivity index is 1.32. The van der Waals surface area contributed by atoms with Gasteiger partial charge in [-0.15, -0.1) is 0 Å². The lowest BCUT2D eigenvalue weighted by atomic mass is 9.93. The fourth-order valence-electron chi connectivity index (χ4n) is 5.74. The highest BCUT2D eigenvalue weighted by Gasteiger charge is 2.44. The highest BCUT2D eigenvalue weighted by atomic mass is 32.2. The summed E-state index contributed by atoms with van der Waals surface area (Å²) >= 11 is 0. The van der Waals surface area contributed by atoms with E-state index in [-0.39, 0.29) is 44.0 Å². The highest BCUT2D eigenvalue weighted by Crippen LogP contribution is 2.54. The Hall–Kier alpha value is -3.16. The van der Waals surface area contributed by atoms with Crippen LogP contribution in [0.25, 0.3) is 16.9 Å². The van der Waals surface area contributed by atoms with Gasteiger partial charge in [0.15, 0.2) is 0 Å². The van der Waals surface area contributed by atoms with Crippen molar-refractivity contribution in [3.63, 3.8) is 0 Å². The van der Waals surface area contributed by atoms with Crippen LogP contribution in [-0.4, -0.2) is 78.5 Å². The Morgan fingerprint density at radius 1 is 0.951 bits per heavy atom. The molecule has 0 amide bonds. The molecule has 2 saturated heterocycles. The van der Waals surface area contributed by atoms with Gasteiger partial charge < -0.3 is 14.9 Å². The number of halogens is 2. The average Bonchev–Trinajstić information content (AvgIpc) is 3.51. The third kappa shape index (κ3) is 5.93. The standard InChI is InChI=1S/C28H35F2N7O3S/c1-20-16-23(34-26(33-20)36-13-8-28(29,30)9-14-36)21-18-31-37(19-21)24-3-2-22(41(39,40)32-10-15-38)17-25(24)35-11-6-27(4-5-27)7-12-35/h2-3,16-19,32,38H,4-15H2,1H3. The van der Waals surface area contributed by atoms with Crippen molar-refractivity contribution < 1.29 is 22.3 Å². The minimum Gasteiger partial charge on any atom is -0.395 e. The van der Waals surface area contributed by atoms with E-state index in [4.69, 9.17) is 10.1 Å². The number of benzene rings is 1. The second-order valence-electron chi connectivity index (χ2n) is 11.5. The molecular formula is C28H35F2N7O3S. The van der Waals surface area contributed by atoms with E-state index in [0.29, 0.717) is 17.1 Å². The first-order valence-corrected chi connectivity index (χ1v) is 15.6. The zero-order chi connectivity index (χ0) is 28.8.